The van der Waals surface area contributed by atoms with Crippen LogP contribution in [0.5, 0.6) is 5.75 Å². The Kier molecular flexibility index (Phi) is 5.62. The second kappa shape index (κ2) is 8.49. The molecule has 1 aromatic heterocycles. The lowest BCUT2D eigenvalue weighted by Crippen LogP contribution is -2.31. The lowest BCUT2D eigenvalue weighted by molar-refractivity contribution is 0.0985. The Labute approximate surface area is 173 Å². The third kappa shape index (κ3) is 4.03. The standard InChI is InChI=1S/C23H22N2O3S/c1-28-20-7-3-2-6-18(20)22(26)24-17-11-9-16(10-12-17)23(27)25-14-5-4-8-21-19(25)13-15-29-21/h2-3,6-7,9-13,15H,4-5,8,14H2,1H3,(H,24,26). The highest BCUT2D eigenvalue weighted by atomic mass is 32.1. The molecule has 1 N–H and O–H groups in total. The van der Waals surface area contributed by atoms with E-state index in [0.717, 1.165) is 31.5 Å². The van der Waals surface area contributed by atoms with Crippen LogP contribution in [0.15, 0.2) is 60.0 Å². The van der Waals surface area contributed by atoms with Gasteiger partial charge in [-0.15, -0.1) is 11.3 Å². The van der Waals surface area contributed by atoms with Gasteiger partial charge in [0.2, 0.25) is 0 Å². The average molecular weight is 407 g/mol. The highest BCUT2D eigenvalue weighted by Gasteiger charge is 2.23. The molecule has 2 aromatic carbocycles. The number of rotatable bonds is 4. The van der Waals surface area contributed by atoms with Crippen LogP contribution in [0.3, 0.4) is 0 Å². The molecule has 0 atom stereocenters. The maximum atomic E-state index is 13.1. The van der Waals surface area contributed by atoms with Crippen LogP contribution in [0.2, 0.25) is 0 Å². The van der Waals surface area contributed by atoms with Crippen LogP contribution in [0.4, 0.5) is 11.4 Å². The topological polar surface area (TPSA) is 58.6 Å². The zero-order chi connectivity index (χ0) is 20.2. The number of ether oxygens (including phenoxy) is 1. The molecule has 1 aliphatic rings. The molecule has 6 heteroatoms. The molecule has 0 unspecified atom stereocenters. The number of carbonyl (C=O) groups excluding carboxylic acids is 2. The Morgan fingerprint density at radius 3 is 2.62 bits per heavy atom. The highest BCUT2D eigenvalue weighted by molar-refractivity contribution is 7.10. The van der Waals surface area contributed by atoms with E-state index in [2.05, 4.69) is 5.32 Å². The van der Waals surface area contributed by atoms with E-state index in [1.165, 1.54) is 12.0 Å². The van der Waals surface area contributed by atoms with Gasteiger partial charge in [0.15, 0.2) is 0 Å². The summed E-state index contributed by atoms with van der Waals surface area (Å²) in [6.45, 7) is 0.731. The van der Waals surface area contributed by atoms with Crippen molar-refractivity contribution in [2.75, 3.05) is 23.9 Å². The molecule has 0 fully saturated rings. The SMILES string of the molecule is COc1ccccc1C(=O)Nc1ccc(C(=O)N2CCCCc3sccc32)cc1. The smallest absolute Gasteiger partial charge is 0.259 e. The average Bonchev–Trinajstić information content (AvgIpc) is 3.13. The van der Waals surface area contributed by atoms with Crippen LogP contribution < -0.4 is 15.0 Å². The number of hydrogen-bond donors (Lipinski definition) is 1. The quantitative estimate of drug-likeness (QED) is 0.664. The van der Waals surface area contributed by atoms with Gasteiger partial charge in [-0.05, 0) is 67.1 Å². The largest absolute Gasteiger partial charge is 0.496 e. The van der Waals surface area contributed by atoms with E-state index in [1.807, 2.05) is 22.4 Å². The van der Waals surface area contributed by atoms with Crippen LogP contribution in [0, 0.1) is 0 Å². The van der Waals surface area contributed by atoms with Gasteiger partial charge in [-0.1, -0.05) is 12.1 Å². The van der Waals surface area contributed by atoms with E-state index < -0.39 is 0 Å². The van der Waals surface area contributed by atoms with Gasteiger partial charge in [0.1, 0.15) is 5.75 Å². The van der Waals surface area contributed by atoms with Crippen molar-refractivity contribution in [1.82, 2.24) is 0 Å². The van der Waals surface area contributed by atoms with Gasteiger partial charge in [0.25, 0.3) is 11.8 Å². The van der Waals surface area contributed by atoms with Gasteiger partial charge < -0.3 is 15.0 Å². The molecule has 1 aliphatic heterocycles. The summed E-state index contributed by atoms with van der Waals surface area (Å²) in [6, 6.07) is 16.1. The van der Waals surface area contributed by atoms with Gasteiger partial charge in [-0.2, -0.15) is 0 Å². The summed E-state index contributed by atoms with van der Waals surface area (Å²) in [6.07, 6.45) is 3.14. The first-order chi connectivity index (χ1) is 14.2. The fraction of sp³-hybridized carbons (Fsp3) is 0.217. The molecular formula is C23H22N2O3S. The van der Waals surface area contributed by atoms with Crippen LogP contribution in [-0.2, 0) is 6.42 Å². The number of nitrogens with one attached hydrogen (secondary N) is 1. The van der Waals surface area contributed by atoms with Gasteiger partial charge in [0, 0.05) is 22.7 Å². The summed E-state index contributed by atoms with van der Waals surface area (Å²) in [7, 11) is 1.54. The second-order valence-electron chi connectivity index (χ2n) is 6.87. The molecule has 0 saturated heterocycles. The minimum Gasteiger partial charge on any atom is -0.496 e. The number of para-hydroxylation sites is 1. The van der Waals surface area contributed by atoms with Crippen molar-refractivity contribution in [2.45, 2.75) is 19.3 Å². The number of fused-ring (bicyclic) bond motifs is 1. The number of carbonyl (C=O) groups is 2. The minimum absolute atomic E-state index is 0.00541. The molecule has 5 nitrogen and oxygen atoms in total. The van der Waals surface area contributed by atoms with Crippen LogP contribution in [-0.4, -0.2) is 25.5 Å². The Morgan fingerprint density at radius 2 is 1.83 bits per heavy atom. The van der Waals surface area contributed by atoms with E-state index in [4.69, 9.17) is 4.74 Å². The normalized spacial score (nSPS) is 13.3. The second-order valence-corrected chi connectivity index (χ2v) is 7.88. The van der Waals surface area contributed by atoms with Crippen molar-refractivity contribution >= 4 is 34.5 Å². The number of hydrogen-bond acceptors (Lipinski definition) is 4. The predicted molar refractivity (Wildman–Crippen MR) is 116 cm³/mol. The predicted octanol–water partition coefficient (Wildman–Crippen LogP) is 4.99. The fourth-order valence-electron chi connectivity index (χ4n) is 3.53. The summed E-state index contributed by atoms with van der Waals surface area (Å²) in [4.78, 5) is 28.8. The highest BCUT2D eigenvalue weighted by Crippen LogP contribution is 2.32. The van der Waals surface area contributed by atoms with Gasteiger partial charge in [-0.25, -0.2) is 0 Å². The van der Waals surface area contributed by atoms with Gasteiger partial charge in [-0.3, -0.25) is 9.59 Å². The molecule has 0 bridgehead atoms. The Hall–Kier alpha value is -3.12. The lowest BCUT2D eigenvalue weighted by atomic mass is 10.1. The zero-order valence-electron chi connectivity index (χ0n) is 16.2. The van der Waals surface area contributed by atoms with Crippen molar-refractivity contribution in [3.05, 3.63) is 76.0 Å². The van der Waals surface area contributed by atoms with E-state index in [9.17, 15) is 9.59 Å². The summed E-state index contributed by atoms with van der Waals surface area (Å²) in [5, 5.41) is 4.91. The summed E-state index contributed by atoms with van der Waals surface area (Å²) >= 11 is 1.71. The first kappa shape index (κ1) is 19.2. The molecule has 4 rings (SSSR count). The maximum absolute atomic E-state index is 13.1. The number of nitrogens with zero attached hydrogens (tertiary/aromatic N) is 1. The van der Waals surface area contributed by atoms with Crippen molar-refractivity contribution in [2.24, 2.45) is 0 Å². The number of thiophene rings is 1. The third-order valence-corrected chi connectivity index (χ3v) is 6.00. The molecule has 2 heterocycles. The molecular weight excluding hydrogens is 384 g/mol. The fourth-order valence-corrected chi connectivity index (χ4v) is 4.45. The van der Waals surface area contributed by atoms with Crippen molar-refractivity contribution in [3.63, 3.8) is 0 Å². The molecule has 0 spiro atoms. The summed E-state index contributed by atoms with van der Waals surface area (Å²) in [5.41, 5.74) is 2.74. The Bertz CT molecular complexity index is 1030. The lowest BCUT2D eigenvalue weighted by Gasteiger charge is -2.21. The van der Waals surface area contributed by atoms with Crippen molar-refractivity contribution in [3.8, 4) is 5.75 Å². The molecule has 0 radical (unpaired) electrons. The summed E-state index contributed by atoms with van der Waals surface area (Å²) < 4.78 is 5.24. The van der Waals surface area contributed by atoms with Crippen molar-refractivity contribution < 1.29 is 14.3 Å². The van der Waals surface area contributed by atoms with E-state index >= 15 is 0 Å². The number of anilines is 2. The van der Waals surface area contributed by atoms with E-state index in [0.29, 0.717) is 22.6 Å². The minimum atomic E-state index is -0.253. The molecule has 148 valence electrons. The zero-order valence-corrected chi connectivity index (χ0v) is 17.0. The number of aryl methyl sites for hydroxylation is 1. The molecule has 0 saturated carbocycles. The van der Waals surface area contributed by atoms with Crippen LogP contribution in [0.25, 0.3) is 0 Å². The van der Waals surface area contributed by atoms with Gasteiger partial charge in [0.05, 0.1) is 18.4 Å². The van der Waals surface area contributed by atoms with Crippen LogP contribution >= 0.6 is 11.3 Å². The van der Waals surface area contributed by atoms with Gasteiger partial charge >= 0.3 is 0 Å². The summed E-state index contributed by atoms with van der Waals surface area (Å²) in [5.74, 6) is 0.260. The number of methoxy groups -OCH3 is 1. The monoisotopic (exact) mass is 406 g/mol. The van der Waals surface area contributed by atoms with E-state index in [1.54, 1.807) is 53.8 Å². The first-order valence-electron chi connectivity index (χ1n) is 9.60. The molecule has 2 amide bonds. The Balaban J connectivity index is 1.50. The number of benzene rings is 2. The Morgan fingerprint density at radius 1 is 1.03 bits per heavy atom. The third-order valence-electron chi connectivity index (χ3n) is 5.03. The molecule has 29 heavy (non-hydrogen) atoms. The molecule has 0 aliphatic carbocycles. The number of amides is 2. The van der Waals surface area contributed by atoms with Crippen LogP contribution in [0.1, 0.15) is 38.4 Å². The first-order valence-corrected chi connectivity index (χ1v) is 10.5. The van der Waals surface area contributed by atoms with Crippen molar-refractivity contribution in [1.29, 1.82) is 0 Å². The maximum Gasteiger partial charge on any atom is 0.259 e. The molecule has 3 aromatic rings. The van der Waals surface area contributed by atoms with E-state index in [-0.39, 0.29) is 11.8 Å².